The van der Waals surface area contributed by atoms with Crippen molar-refractivity contribution < 1.29 is 17.9 Å². The first-order chi connectivity index (χ1) is 16.5. The standard InChI is InChI=1S/C28H40N2O4S/c1-19(2)25-15-10-20(3)16-26(25)34-18-27(31)29-28(22-8-7-9-23(17-22)30(4)5)21-11-13-24(14-12-21)35(6,32)33/h7-9,11-14,17,19-20,25-26,28H,10,15-16,18H2,1-6H3,(H,29,31)/t20-,25+,26-,28?/m0/s1. The van der Waals surface area contributed by atoms with Gasteiger partial charge < -0.3 is 15.0 Å². The topological polar surface area (TPSA) is 75.7 Å². The second-order valence-electron chi connectivity index (χ2n) is 10.5. The van der Waals surface area contributed by atoms with E-state index in [1.807, 2.05) is 43.3 Å². The van der Waals surface area contributed by atoms with Crippen LogP contribution in [0, 0.1) is 17.8 Å². The van der Waals surface area contributed by atoms with Crippen LogP contribution < -0.4 is 10.2 Å². The Morgan fingerprint density at radius 2 is 1.77 bits per heavy atom. The monoisotopic (exact) mass is 500 g/mol. The van der Waals surface area contributed by atoms with Crippen LogP contribution in [0.1, 0.15) is 57.2 Å². The molecule has 0 aromatic heterocycles. The van der Waals surface area contributed by atoms with Gasteiger partial charge in [-0.25, -0.2) is 8.42 Å². The van der Waals surface area contributed by atoms with Crippen molar-refractivity contribution in [3.63, 3.8) is 0 Å². The minimum atomic E-state index is -3.30. The van der Waals surface area contributed by atoms with Gasteiger partial charge in [0.05, 0.1) is 17.0 Å². The number of amides is 1. The zero-order chi connectivity index (χ0) is 25.8. The Morgan fingerprint density at radius 3 is 2.37 bits per heavy atom. The number of sulfone groups is 1. The third kappa shape index (κ3) is 7.31. The quantitative estimate of drug-likeness (QED) is 0.533. The molecule has 0 heterocycles. The second-order valence-corrected chi connectivity index (χ2v) is 12.5. The highest BCUT2D eigenvalue weighted by Gasteiger charge is 2.32. The molecule has 1 fully saturated rings. The molecule has 1 unspecified atom stereocenters. The molecule has 0 spiro atoms. The number of hydrogen-bond acceptors (Lipinski definition) is 5. The molecular formula is C28H40N2O4S. The Labute approximate surface area is 211 Å². The highest BCUT2D eigenvalue weighted by Crippen LogP contribution is 2.35. The summed E-state index contributed by atoms with van der Waals surface area (Å²) in [5, 5.41) is 3.14. The van der Waals surface area contributed by atoms with Gasteiger partial charge in [-0.15, -0.1) is 0 Å². The highest BCUT2D eigenvalue weighted by molar-refractivity contribution is 7.90. The maximum Gasteiger partial charge on any atom is 0.246 e. The van der Waals surface area contributed by atoms with Crippen molar-refractivity contribution in [2.45, 2.75) is 57.1 Å². The lowest BCUT2D eigenvalue weighted by molar-refractivity contribution is -0.131. The summed E-state index contributed by atoms with van der Waals surface area (Å²) in [7, 11) is 0.637. The SMILES string of the molecule is CC(C)[C@H]1CC[C@H](C)C[C@@H]1OCC(=O)NC(c1ccc(S(C)(=O)=O)cc1)c1cccc(N(C)C)c1. The molecule has 2 aromatic rings. The molecule has 1 N–H and O–H groups in total. The fraction of sp³-hybridized carbons (Fsp3) is 0.536. The zero-order valence-corrected chi connectivity index (χ0v) is 22.6. The maximum absolute atomic E-state index is 13.1. The predicted octanol–water partition coefficient (Wildman–Crippen LogP) is 4.84. The first kappa shape index (κ1) is 27.2. The van der Waals surface area contributed by atoms with Crippen molar-refractivity contribution in [1.82, 2.24) is 5.32 Å². The van der Waals surface area contributed by atoms with Gasteiger partial charge in [0.1, 0.15) is 6.61 Å². The van der Waals surface area contributed by atoms with Crippen molar-refractivity contribution in [2.75, 3.05) is 31.9 Å². The van der Waals surface area contributed by atoms with Gasteiger partial charge >= 0.3 is 0 Å². The van der Waals surface area contributed by atoms with E-state index in [0.717, 1.165) is 29.7 Å². The number of carbonyl (C=O) groups excluding carboxylic acids is 1. The molecule has 35 heavy (non-hydrogen) atoms. The van der Waals surface area contributed by atoms with E-state index in [1.165, 1.54) is 12.7 Å². The third-order valence-electron chi connectivity index (χ3n) is 7.06. The van der Waals surface area contributed by atoms with Crippen molar-refractivity contribution in [1.29, 1.82) is 0 Å². The summed E-state index contributed by atoms with van der Waals surface area (Å²) >= 11 is 0. The average molecular weight is 501 g/mol. The largest absolute Gasteiger partial charge is 0.378 e. The Hall–Kier alpha value is -2.38. The van der Waals surface area contributed by atoms with E-state index in [0.29, 0.717) is 17.8 Å². The lowest BCUT2D eigenvalue weighted by Gasteiger charge is -2.37. The maximum atomic E-state index is 13.1. The summed E-state index contributed by atoms with van der Waals surface area (Å²) < 4.78 is 30.0. The van der Waals surface area contributed by atoms with Gasteiger partial charge in [0, 0.05) is 26.0 Å². The van der Waals surface area contributed by atoms with E-state index in [-0.39, 0.29) is 23.5 Å². The summed E-state index contributed by atoms with van der Waals surface area (Å²) in [5.74, 6) is 1.41. The molecule has 0 radical (unpaired) electrons. The number of ether oxygens (including phenoxy) is 1. The fourth-order valence-electron chi connectivity index (χ4n) is 4.94. The molecule has 1 saturated carbocycles. The summed E-state index contributed by atoms with van der Waals surface area (Å²) in [5.41, 5.74) is 2.75. The summed E-state index contributed by atoms with van der Waals surface area (Å²) in [4.78, 5) is 15.4. The summed E-state index contributed by atoms with van der Waals surface area (Å²) in [6, 6.07) is 14.3. The molecule has 0 bridgehead atoms. The number of rotatable bonds is 9. The van der Waals surface area contributed by atoms with Crippen LogP contribution in [0.2, 0.25) is 0 Å². The Bertz CT molecular complexity index is 1100. The Balaban J connectivity index is 1.81. The molecule has 2 aromatic carbocycles. The van der Waals surface area contributed by atoms with Crippen molar-refractivity contribution in [2.24, 2.45) is 17.8 Å². The minimum absolute atomic E-state index is 0.00585. The van der Waals surface area contributed by atoms with Crippen LogP contribution in [0.3, 0.4) is 0 Å². The number of nitrogens with one attached hydrogen (secondary N) is 1. The van der Waals surface area contributed by atoms with Gasteiger partial charge in [-0.3, -0.25) is 4.79 Å². The van der Waals surface area contributed by atoms with E-state index < -0.39 is 15.9 Å². The first-order valence-corrected chi connectivity index (χ1v) is 14.3. The summed E-state index contributed by atoms with van der Waals surface area (Å²) in [6.07, 6.45) is 4.61. The lowest BCUT2D eigenvalue weighted by atomic mass is 9.75. The van der Waals surface area contributed by atoms with Gasteiger partial charge in [0.15, 0.2) is 9.84 Å². The highest BCUT2D eigenvalue weighted by atomic mass is 32.2. The van der Waals surface area contributed by atoms with Crippen molar-refractivity contribution >= 4 is 21.4 Å². The number of hydrogen-bond donors (Lipinski definition) is 1. The van der Waals surface area contributed by atoms with E-state index in [9.17, 15) is 13.2 Å². The average Bonchev–Trinajstić information content (AvgIpc) is 2.80. The summed E-state index contributed by atoms with van der Waals surface area (Å²) in [6.45, 7) is 6.71. The van der Waals surface area contributed by atoms with E-state index in [4.69, 9.17) is 4.74 Å². The molecule has 7 heteroatoms. The molecule has 0 saturated heterocycles. The number of anilines is 1. The Kier molecular flexibility index (Phi) is 9.00. The van der Waals surface area contributed by atoms with Crippen LogP contribution >= 0.6 is 0 Å². The van der Waals surface area contributed by atoms with E-state index >= 15 is 0 Å². The van der Waals surface area contributed by atoms with Crippen LogP contribution in [-0.2, 0) is 19.4 Å². The van der Waals surface area contributed by atoms with Crippen molar-refractivity contribution in [3.05, 3.63) is 59.7 Å². The molecule has 6 nitrogen and oxygen atoms in total. The van der Waals surface area contributed by atoms with Crippen LogP contribution in [0.25, 0.3) is 0 Å². The molecule has 0 aliphatic heterocycles. The molecule has 3 rings (SSSR count). The van der Waals surface area contributed by atoms with Gasteiger partial charge in [-0.2, -0.15) is 0 Å². The van der Waals surface area contributed by atoms with Gasteiger partial charge in [0.2, 0.25) is 5.91 Å². The molecular weight excluding hydrogens is 460 g/mol. The van der Waals surface area contributed by atoms with Gasteiger partial charge in [-0.05, 0) is 66.0 Å². The van der Waals surface area contributed by atoms with E-state index in [1.54, 1.807) is 24.3 Å². The van der Waals surface area contributed by atoms with Crippen molar-refractivity contribution in [3.8, 4) is 0 Å². The van der Waals surface area contributed by atoms with Crippen LogP contribution in [0.15, 0.2) is 53.4 Å². The smallest absolute Gasteiger partial charge is 0.246 e. The molecule has 1 aliphatic carbocycles. The van der Waals surface area contributed by atoms with Crippen LogP contribution in [-0.4, -0.2) is 47.4 Å². The first-order valence-electron chi connectivity index (χ1n) is 12.4. The number of carbonyl (C=O) groups is 1. The number of nitrogens with zero attached hydrogens (tertiary/aromatic N) is 1. The van der Waals surface area contributed by atoms with Gasteiger partial charge in [0.25, 0.3) is 0 Å². The van der Waals surface area contributed by atoms with Gasteiger partial charge in [-0.1, -0.05) is 51.5 Å². The minimum Gasteiger partial charge on any atom is -0.378 e. The van der Waals surface area contributed by atoms with E-state index in [2.05, 4.69) is 26.1 Å². The third-order valence-corrected chi connectivity index (χ3v) is 8.19. The Morgan fingerprint density at radius 1 is 1.09 bits per heavy atom. The normalized spacial score (nSPS) is 21.5. The number of benzene rings is 2. The second kappa shape index (κ2) is 11.6. The van der Waals surface area contributed by atoms with Crippen LogP contribution in [0.5, 0.6) is 0 Å². The molecule has 1 amide bonds. The molecule has 4 atom stereocenters. The molecule has 192 valence electrons. The zero-order valence-electron chi connectivity index (χ0n) is 21.8. The fourth-order valence-corrected chi connectivity index (χ4v) is 5.57. The predicted molar refractivity (Wildman–Crippen MR) is 141 cm³/mol. The molecule has 1 aliphatic rings. The van der Waals surface area contributed by atoms with Crippen LogP contribution in [0.4, 0.5) is 5.69 Å². The lowest BCUT2D eigenvalue weighted by Crippen LogP contribution is -2.38.